The number of hydrogen-bond acceptors (Lipinski definition) is 7. The number of rotatable bonds is 7. The predicted molar refractivity (Wildman–Crippen MR) is 76.8 cm³/mol. The van der Waals surface area contributed by atoms with Crippen LogP contribution in [0.4, 0.5) is 11.4 Å². The Balaban J connectivity index is 2.74. The molecule has 0 saturated carbocycles. The van der Waals surface area contributed by atoms with Crippen molar-refractivity contribution in [1.82, 2.24) is 5.43 Å². The average Bonchev–Trinajstić information content (AvgIpc) is 2.44. The van der Waals surface area contributed by atoms with Crippen LogP contribution in [0.1, 0.15) is 13.8 Å². The zero-order chi connectivity index (χ0) is 15.1. The van der Waals surface area contributed by atoms with Gasteiger partial charge in [0.05, 0.1) is 32.2 Å². The van der Waals surface area contributed by atoms with E-state index in [-0.39, 0.29) is 5.97 Å². The number of nitrogen functional groups attached to an aromatic ring is 1. The lowest BCUT2D eigenvalue weighted by molar-refractivity contribution is -0.144. The van der Waals surface area contributed by atoms with Gasteiger partial charge in [0.15, 0.2) is 11.5 Å². The van der Waals surface area contributed by atoms with Crippen molar-refractivity contribution < 1.29 is 19.0 Å². The normalized spacial score (nSPS) is 11.6. The molecule has 1 aromatic carbocycles. The second-order valence-corrected chi connectivity index (χ2v) is 4.04. The van der Waals surface area contributed by atoms with Crippen molar-refractivity contribution in [3.05, 3.63) is 12.1 Å². The van der Waals surface area contributed by atoms with Crippen LogP contribution in [-0.4, -0.2) is 32.8 Å². The topological polar surface area (TPSA) is 94.8 Å². The van der Waals surface area contributed by atoms with Crippen molar-refractivity contribution in [2.75, 3.05) is 32.0 Å². The number of methoxy groups -OCH3 is 2. The fraction of sp³-hybridized carbons (Fsp3) is 0.462. The molecule has 0 bridgehead atoms. The first-order chi connectivity index (χ1) is 9.53. The van der Waals surface area contributed by atoms with Crippen LogP contribution < -0.4 is 26.1 Å². The van der Waals surface area contributed by atoms with Crippen molar-refractivity contribution in [3.8, 4) is 11.5 Å². The minimum atomic E-state index is -0.496. The third kappa shape index (κ3) is 3.92. The summed E-state index contributed by atoms with van der Waals surface area (Å²) in [5.74, 6) is 0.630. The summed E-state index contributed by atoms with van der Waals surface area (Å²) in [6.45, 7) is 3.79. The molecule has 1 aromatic rings. The van der Waals surface area contributed by atoms with E-state index in [1.807, 2.05) is 0 Å². The maximum Gasteiger partial charge on any atom is 0.324 e. The molecule has 7 nitrogen and oxygen atoms in total. The van der Waals surface area contributed by atoms with E-state index < -0.39 is 6.04 Å². The number of nitrogens with one attached hydrogen (secondary N) is 2. The van der Waals surface area contributed by atoms with Crippen LogP contribution in [0.3, 0.4) is 0 Å². The Bertz CT molecular complexity index is 465. The molecule has 0 heterocycles. The Hall–Kier alpha value is -2.15. The Morgan fingerprint density at radius 1 is 1.35 bits per heavy atom. The van der Waals surface area contributed by atoms with E-state index in [0.717, 1.165) is 0 Å². The molecule has 0 saturated heterocycles. The van der Waals surface area contributed by atoms with Crippen molar-refractivity contribution >= 4 is 17.3 Å². The van der Waals surface area contributed by atoms with Crippen LogP contribution in [-0.2, 0) is 9.53 Å². The Labute approximate surface area is 118 Å². The molecule has 20 heavy (non-hydrogen) atoms. The first-order valence-corrected chi connectivity index (χ1v) is 6.23. The highest BCUT2D eigenvalue weighted by atomic mass is 16.5. The molecule has 0 aliphatic carbocycles. The van der Waals surface area contributed by atoms with Crippen LogP contribution in [0.15, 0.2) is 12.1 Å². The summed E-state index contributed by atoms with van der Waals surface area (Å²) in [6, 6.07) is 2.89. The maximum absolute atomic E-state index is 11.5. The van der Waals surface area contributed by atoms with E-state index in [9.17, 15) is 4.79 Å². The fourth-order valence-electron chi connectivity index (χ4n) is 1.58. The Kier molecular flexibility index (Phi) is 5.92. The molecule has 0 radical (unpaired) electrons. The lowest BCUT2D eigenvalue weighted by atomic mass is 10.2. The molecule has 7 heteroatoms. The van der Waals surface area contributed by atoms with E-state index in [1.54, 1.807) is 26.0 Å². The van der Waals surface area contributed by atoms with Gasteiger partial charge in [0.1, 0.15) is 6.04 Å². The van der Waals surface area contributed by atoms with Gasteiger partial charge in [0.25, 0.3) is 0 Å². The number of anilines is 2. The number of esters is 1. The summed E-state index contributed by atoms with van der Waals surface area (Å²) in [4.78, 5) is 11.5. The monoisotopic (exact) mass is 283 g/mol. The Morgan fingerprint density at radius 3 is 2.60 bits per heavy atom. The predicted octanol–water partition coefficient (Wildman–Crippen LogP) is 1.15. The van der Waals surface area contributed by atoms with Gasteiger partial charge < -0.3 is 25.4 Å². The highest BCUT2D eigenvalue weighted by Gasteiger charge is 2.14. The third-order valence-electron chi connectivity index (χ3n) is 2.58. The van der Waals surface area contributed by atoms with Gasteiger partial charge in [-0.05, 0) is 19.9 Å². The summed E-state index contributed by atoms with van der Waals surface area (Å²) >= 11 is 0. The van der Waals surface area contributed by atoms with Crippen LogP contribution in [0.2, 0.25) is 0 Å². The standard InChI is InChI=1S/C13H21N3O4/c1-5-20-13(17)8(2)15-16-9-6-10(14)12(19-4)11(7-9)18-3/h6-8,15-16H,5,14H2,1-4H3. The van der Waals surface area contributed by atoms with E-state index in [1.165, 1.54) is 14.2 Å². The van der Waals surface area contributed by atoms with Gasteiger partial charge in [-0.25, -0.2) is 5.43 Å². The zero-order valence-corrected chi connectivity index (χ0v) is 12.1. The second-order valence-electron chi connectivity index (χ2n) is 4.04. The molecule has 0 aromatic heterocycles. The number of nitrogens with two attached hydrogens (primary N) is 1. The van der Waals surface area contributed by atoms with E-state index in [0.29, 0.717) is 29.5 Å². The molecular formula is C13H21N3O4. The SMILES string of the molecule is CCOC(=O)C(C)NNc1cc(N)c(OC)c(OC)c1. The average molecular weight is 283 g/mol. The summed E-state index contributed by atoms with van der Waals surface area (Å²) in [5.41, 5.74) is 12.6. The second kappa shape index (κ2) is 7.44. The molecule has 1 rings (SSSR count). The lowest BCUT2D eigenvalue weighted by Crippen LogP contribution is -2.39. The molecule has 0 spiro atoms. The van der Waals surface area contributed by atoms with Gasteiger partial charge in [-0.2, -0.15) is 0 Å². The van der Waals surface area contributed by atoms with Crippen LogP contribution in [0.25, 0.3) is 0 Å². The van der Waals surface area contributed by atoms with Gasteiger partial charge in [0.2, 0.25) is 0 Å². The molecule has 0 aliphatic heterocycles. The van der Waals surface area contributed by atoms with Crippen molar-refractivity contribution in [2.24, 2.45) is 0 Å². The number of carbonyl (C=O) groups is 1. The molecule has 0 amide bonds. The summed E-state index contributed by atoms with van der Waals surface area (Å²) in [7, 11) is 3.04. The lowest BCUT2D eigenvalue weighted by Gasteiger charge is -2.17. The number of ether oxygens (including phenoxy) is 3. The van der Waals surface area contributed by atoms with Crippen LogP contribution in [0.5, 0.6) is 11.5 Å². The van der Waals surface area contributed by atoms with Crippen molar-refractivity contribution in [1.29, 1.82) is 0 Å². The van der Waals surface area contributed by atoms with E-state index >= 15 is 0 Å². The molecule has 1 atom stereocenters. The number of hydrogen-bond donors (Lipinski definition) is 3. The summed E-state index contributed by atoms with van der Waals surface area (Å²) in [5, 5.41) is 0. The van der Waals surface area contributed by atoms with Crippen LogP contribution >= 0.6 is 0 Å². The van der Waals surface area contributed by atoms with Gasteiger partial charge in [0, 0.05) is 6.07 Å². The first-order valence-electron chi connectivity index (χ1n) is 6.23. The van der Waals surface area contributed by atoms with Gasteiger partial charge >= 0.3 is 5.97 Å². The molecule has 4 N–H and O–H groups in total. The number of carbonyl (C=O) groups excluding carboxylic acids is 1. The highest BCUT2D eigenvalue weighted by molar-refractivity contribution is 5.75. The third-order valence-corrected chi connectivity index (χ3v) is 2.58. The quantitative estimate of drug-likeness (QED) is 0.392. The van der Waals surface area contributed by atoms with Crippen molar-refractivity contribution in [3.63, 3.8) is 0 Å². The molecule has 0 fully saturated rings. The smallest absolute Gasteiger partial charge is 0.324 e. The number of hydrazine groups is 1. The fourth-order valence-corrected chi connectivity index (χ4v) is 1.58. The largest absolute Gasteiger partial charge is 0.493 e. The minimum Gasteiger partial charge on any atom is -0.493 e. The minimum absolute atomic E-state index is 0.339. The van der Waals surface area contributed by atoms with E-state index in [4.69, 9.17) is 19.9 Å². The van der Waals surface area contributed by atoms with E-state index in [2.05, 4.69) is 10.9 Å². The first kappa shape index (κ1) is 15.9. The van der Waals surface area contributed by atoms with Gasteiger partial charge in [-0.3, -0.25) is 4.79 Å². The molecule has 112 valence electrons. The zero-order valence-electron chi connectivity index (χ0n) is 12.1. The Morgan fingerprint density at radius 2 is 2.05 bits per heavy atom. The van der Waals surface area contributed by atoms with Gasteiger partial charge in [-0.1, -0.05) is 0 Å². The van der Waals surface area contributed by atoms with Crippen LogP contribution in [0, 0.1) is 0 Å². The highest BCUT2D eigenvalue weighted by Crippen LogP contribution is 2.36. The maximum atomic E-state index is 11.5. The molecule has 1 unspecified atom stereocenters. The van der Waals surface area contributed by atoms with Gasteiger partial charge in [-0.15, -0.1) is 0 Å². The molecule has 0 aliphatic rings. The number of benzene rings is 1. The van der Waals surface area contributed by atoms with Crippen molar-refractivity contribution in [2.45, 2.75) is 19.9 Å². The summed E-state index contributed by atoms with van der Waals surface area (Å²) in [6.07, 6.45) is 0. The summed E-state index contributed by atoms with van der Waals surface area (Å²) < 4.78 is 15.2. The molecular weight excluding hydrogens is 262 g/mol.